The van der Waals surface area contributed by atoms with E-state index >= 15 is 0 Å². The molecule has 0 heterocycles. The second-order valence-electron chi connectivity index (χ2n) is 2.80. The van der Waals surface area contributed by atoms with Crippen LogP contribution in [0.25, 0.3) is 0 Å². The summed E-state index contributed by atoms with van der Waals surface area (Å²) in [7, 11) is 2.82. The van der Waals surface area contributed by atoms with Crippen molar-refractivity contribution < 1.29 is 14.3 Å². The molecule has 0 spiro atoms. The highest BCUT2D eigenvalue weighted by molar-refractivity contribution is 5.74. The molecule has 0 aromatic heterocycles. The van der Waals surface area contributed by atoms with Gasteiger partial charge in [-0.1, -0.05) is 0 Å². The van der Waals surface area contributed by atoms with Crippen molar-refractivity contribution >= 4 is 5.91 Å². The van der Waals surface area contributed by atoms with Gasteiger partial charge in [0.25, 0.3) is 0 Å². The second-order valence-corrected chi connectivity index (χ2v) is 2.80. The molecule has 0 fully saturated rings. The van der Waals surface area contributed by atoms with Gasteiger partial charge in [-0.25, -0.2) is 0 Å². The highest BCUT2D eigenvalue weighted by Gasteiger charge is 2.35. The SMILES string of the molecule is COC(OC)C(C)(C#N)NC(C)=O. The van der Waals surface area contributed by atoms with E-state index < -0.39 is 11.8 Å². The van der Waals surface area contributed by atoms with Gasteiger partial charge in [-0.2, -0.15) is 5.26 Å². The molecule has 0 aliphatic rings. The molecule has 0 aromatic carbocycles. The molecule has 0 rings (SSSR count). The molecule has 0 saturated carbocycles. The van der Waals surface area contributed by atoms with E-state index in [-0.39, 0.29) is 5.91 Å². The van der Waals surface area contributed by atoms with Gasteiger partial charge in [-0.3, -0.25) is 4.79 Å². The van der Waals surface area contributed by atoms with Crippen LogP contribution in [0.1, 0.15) is 13.8 Å². The van der Waals surface area contributed by atoms with Crippen LogP contribution < -0.4 is 5.32 Å². The van der Waals surface area contributed by atoms with Gasteiger partial charge < -0.3 is 14.8 Å². The number of methoxy groups -OCH3 is 2. The summed E-state index contributed by atoms with van der Waals surface area (Å²) >= 11 is 0. The van der Waals surface area contributed by atoms with E-state index in [0.717, 1.165) is 0 Å². The van der Waals surface area contributed by atoms with Crippen molar-refractivity contribution in [2.75, 3.05) is 14.2 Å². The molecule has 0 saturated heterocycles. The predicted molar refractivity (Wildman–Crippen MR) is 45.6 cm³/mol. The molecule has 1 atom stereocenters. The molecule has 74 valence electrons. The lowest BCUT2D eigenvalue weighted by Gasteiger charge is -2.29. The van der Waals surface area contributed by atoms with Crippen molar-refractivity contribution in [3.05, 3.63) is 0 Å². The normalized spacial score (nSPS) is 14.8. The van der Waals surface area contributed by atoms with Crippen LogP contribution >= 0.6 is 0 Å². The number of ether oxygens (including phenoxy) is 2. The number of nitriles is 1. The first-order valence-electron chi connectivity index (χ1n) is 3.75. The maximum atomic E-state index is 10.8. The number of rotatable bonds is 4. The van der Waals surface area contributed by atoms with Crippen molar-refractivity contribution in [2.24, 2.45) is 0 Å². The van der Waals surface area contributed by atoms with Crippen LogP contribution in [0.3, 0.4) is 0 Å². The van der Waals surface area contributed by atoms with Gasteiger partial charge in [-0.15, -0.1) is 0 Å². The minimum atomic E-state index is -1.16. The number of hydrogen-bond acceptors (Lipinski definition) is 4. The molecular formula is C8H14N2O3. The highest BCUT2D eigenvalue weighted by atomic mass is 16.7. The van der Waals surface area contributed by atoms with E-state index in [4.69, 9.17) is 14.7 Å². The maximum Gasteiger partial charge on any atom is 0.218 e. The van der Waals surface area contributed by atoms with Gasteiger partial charge in [0, 0.05) is 21.1 Å². The van der Waals surface area contributed by atoms with Crippen LogP contribution in [0.5, 0.6) is 0 Å². The van der Waals surface area contributed by atoms with Crippen molar-refractivity contribution in [2.45, 2.75) is 25.7 Å². The molecule has 0 aliphatic carbocycles. The van der Waals surface area contributed by atoms with Crippen molar-refractivity contribution in [3.63, 3.8) is 0 Å². The predicted octanol–water partition coefficient (Wildman–Crippen LogP) is 0.0237. The van der Waals surface area contributed by atoms with Crippen LogP contribution in [0.15, 0.2) is 0 Å². The average molecular weight is 186 g/mol. The molecule has 0 aromatic rings. The largest absolute Gasteiger partial charge is 0.353 e. The maximum absolute atomic E-state index is 10.8. The summed E-state index contributed by atoms with van der Waals surface area (Å²) in [6, 6.07) is 1.93. The summed E-state index contributed by atoms with van der Waals surface area (Å²) in [5.41, 5.74) is -1.16. The fourth-order valence-electron chi connectivity index (χ4n) is 1.07. The fraction of sp³-hybridized carbons (Fsp3) is 0.750. The van der Waals surface area contributed by atoms with Crippen molar-refractivity contribution in [1.82, 2.24) is 5.32 Å². The van der Waals surface area contributed by atoms with Gasteiger partial charge in [0.05, 0.1) is 6.07 Å². The lowest BCUT2D eigenvalue weighted by atomic mass is 10.0. The Morgan fingerprint density at radius 1 is 1.54 bits per heavy atom. The minimum absolute atomic E-state index is 0.303. The van der Waals surface area contributed by atoms with E-state index in [9.17, 15) is 4.79 Å². The third-order valence-corrected chi connectivity index (χ3v) is 1.57. The van der Waals surface area contributed by atoms with Gasteiger partial charge in [0.15, 0.2) is 11.8 Å². The zero-order valence-electron chi connectivity index (χ0n) is 8.25. The molecule has 1 unspecified atom stereocenters. The molecule has 1 amide bonds. The van der Waals surface area contributed by atoms with Gasteiger partial charge >= 0.3 is 0 Å². The summed E-state index contributed by atoms with van der Waals surface area (Å²) in [5, 5.41) is 11.3. The van der Waals surface area contributed by atoms with E-state index in [1.54, 1.807) is 0 Å². The molecule has 0 aliphatic heterocycles. The van der Waals surface area contributed by atoms with Crippen LogP contribution in [-0.2, 0) is 14.3 Å². The minimum Gasteiger partial charge on any atom is -0.353 e. The standard InChI is InChI=1S/C8H14N2O3/c1-6(11)10-8(2,5-9)7(12-3)13-4/h7H,1-4H3,(H,10,11). The Morgan fingerprint density at radius 3 is 2.23 bits per heavy atom. The summed E-state index contributed by atoms with van der Waals surface area (Å²) < 4.78 is 9.79. The van der Waals surface area contributed by atoms with E-state index in [2.05, 4.69) is 5.32 Å². The van der Waals surface area contributed by atoms with Gasteiger partial charge in [0.1, 0.15) is 0 Å². The van der Waals surface area contributed by atoms with Crippen LogP contribution in [0.4, 0.5) is 0 Å². The summed E-state index contributed by atoms with van der Waals surface area (Å²) in [6.45, 7) is 2.87. The first-order chi connectivity index (χ1) is 6.00. The van der Waals surface area contributed by atoms with Crippen molar-refractivity contribution in [3.8, 4) is 6.07 Å². The molecule has 0 radical (unpaired) electrons. The Kier molecular flexibility index (Phi) is 4.38. The quantitative estimate of drug-likeness (QED) is 0.628. The Balaban J connectivity index is 4.61. The zero-order valence-corrected chi connectivity index (χ0v) is 8.25. The van der Waals surface area contributed by atoms with Gasteiger partial charge in [-0.05, 0) is 6.92 Å². The highest BCUT2D eigenvalue weighted by Crippen LogP contribution is 2.12. The molecule has 5 heteroatoms. The van der Waals surface area contributed by atoms with Gasteiger partial charge in [0.2, 0.25) is 5.91 Å². The number of amides is 1. The third kappa shape index (κ3) is 3.01. The number of nitrogens with one attached hydrogen (secondary N) is 1. The number of carbonyl (C=O) groups excluding carboxylic acids is 1. The number of hydrogen-bond donors (Lipinski definition) is 1. The third-order valence-electron chi connectivity index (χ3n) is 1.57. The van der Waals surface area contributed by atoms with Crippen LogP contribution in [0.2, 0.25) is 0 Å². The lowest BCUT2D eigenvalue weighted by Crippen LogP contribution is -2.54. The number of carbonyl (C=O) groups is 1. The smallest absolute Gasteiger partial charge is 0.218 e. The Morgan fingerprint density at radius 2 is 2.00 bits per heavy atom. The first-order valence-corrected chi connectivity index (χ1v) is 3.75. The average Bonchev–Trinajstić information content (AvgIpc) is 2.05. The summed E-state index contributed by atoms with van der Waals surface area (Å²) in [6.07, 6.45) is -0.776. The Hall–Kier alpha value is -1.12. The second kappa shape index (κ2) is 4.80. The number of nitrogens with zero attached hydrogens (tertiary/aromatic N) is 1. The molecular weight excluding hydrogens is 172 g/mol. The fourth-order valence-corrected chi connectivity index (χ4v) is 1.07. The topological polar surface area (TPSA) is 71.3 Å². The van der Waals surface area contributed by atoms with E-state index in [1.165, 1.54) is 28.1 Å². The molecule has 13 heavy (non-hydrogen) atoms. The molecule has 5 nitrogen and oxygen atoms in total. The Labute approximate surface area is 77.6 Å². The van der Waals surface area contributed by atoms with E-state index in [1.807, 2.05) is 6.07 Å². The van der Waals surface area contributed by atoms with E-state index in [0.29, 0.717) is 0 Å². The summed E-state index contributed by atoms with van der Waals surface area (Å²) in [4.78, 5) is 10.8. The van der Waals surface area contributed by atoms with Crippen LogP contribution in [0, 0.1) is 11.3 Å². The first kappa shape index (κ1) is 11.9. The summed E-state index contributed by atoms with van der Waals surface area (Å²) in [5.74, 6) is -0.303. The zero-order chi connectivity index (χ0) is 10.5. The molecule has 1 N–H and O–H groups in total. The monoisotopic (exact) mass is 186 g/mol. The van der Waals surface area contributed by atoms with Crippen molar-refractivity contribution in [1.29, 1.82) is 5.26 Å². The molecule has 0 bridgehead atoms. The Bertz CT molecular complexity index is 220. The lowest BCUT2D eigenvalue weighted by molar-refractivity contribution is -0.146. The van der Waals surface area contributed by atoms with Crippen LogP contribution in [-0.4, -0.2) is 32.0 Å².